The second-order valence-electron chi connectivity index (χ2n) is 7.91. The van der Waals surface area contributed by atoms with Crippen LogP contribution in [-0.4, -0.2) is 41.7 Å². The Hall–Kier alpha value is -4.30. The zero-order valence-corrected chi connectivity index (χ0v) is 20.4. The van der Waals surface area contributed by atoms with Crippen molar-refractivity contribution in [1.82, 2.24) is 15.3 Å². The summed E-state index contributed by atoms with van der Waals surface area (Å²) in [5, 5.41) is 14.1. The summed E-state index contributed by atoms with van der Waals surface area (Å²) < 4.78 is 10.5. The molecule has 0 fully saturated rings. The van der Waals surface area contributed by atoms with Crippen LogP contribution in [0.15, 0.2) is 65.5 Å². The number of aliphatic hydroxyl groups excluding tert-OH is 1. The monoisotopic (exact) mass is 505 g/mol. The van der Waals surface area contributed by atoms with E-state index in [2.05, 4.69) is 15.3 Å². The predicted molar refractivity (Wildman–Crippen MR) is 140 cm³/mol. The lowest BCUT2D eigenvalue weighted by Gasteiger charge is -2.09. The Labute approximate surface area is 212 Å². The molecule has 3 aromatic carbocycles. The van der Waals surface area contributed by atoms with Crippen LogP contribution >= 0.6 is 11.6 Å². The van der Waals surface area contributed by atoms with E-state index in [1.54, 1.807) is 36.4 Å². The van der Waals surface area contributed by atoms with Gasteiger partial charge >= 0.3 is 0 Å². The van der Waals surface area contributed by atoms with Gasteiger partial charge in [0.1, 0.15) is 11.5 Å². The second kappa shape index (κ2) is 11.0. The van der Waals surface area contributed by atoms with Gasteiger partial charge in [-0.25, -0.2) is 4.98 Å². The van der Waals surface area contributed by atoms with Gasteiger partial charge in [-0.2, -0.15) is 0 Å². The number of aromatic amines is 1. The molecule has 0 saturated carbocycles. The molecule has 4 aromatic rings. The lowest BCUT2D eigenvalue weighted by molar-refractivity contribution is 0.0954. The standard InChI is InChI=1S/C27H24ClN3O5/c1-35-24-10-6-17(14-25(24)36-2)23(32)15-22-27(34)31-21-13-18(5-9-20(21)30-22)26(33)29-12-11-16-3-7-19(28)8-4-16/h3-10,13-15,32H,11-12H2,1-2H3,(H,29,33)(H,31,34)/b23-15-. The molecular formula is C27H24ClN3O5. The number of carbonyl (C=O) groups is 1. The molecule has 0 spiro atoms. The summed E-state index contributed by atoms with van der Waals surface area (Å²) >= 11 is 5.89. The fourth-order valence-corrected chi connectivity index (χ4v) is 3.75. The van der Waals surface area contributed by atoms with E-state index in [-0.39, 0.29) is 17.4 Å². The van der Waals surface area contributed by atoms with E-state index in [4.69, 9.17) is 21.1 Å². The van der Waals surface area contributed by atoms with Crippen molar-refractivity contribution in [1.29, 1.82) is 0 Å². The first-order chi connectivity index (χ1) is 17.4. The highest BCUT2D eigenvalue weighted by Gasteiger charge is 2.11. The molecular weight excluding hydrogens is 482 g/mol. The number of aliphatic hydroxyl groups is 1. The fraction of sp³-hybridized carbons (Fsp3) is 0.148. The number of ether oxygens (including phenoxy) is 2. The Kier molecular flexibility index (Phi) is 7.56. The number of carbonyl (C=O) groups excluding carboxylic acids is 1. The fourth-order valence-electron chi connectivity index (χ4n) is 3.62. The molecule has 0 aliphatic carbocycles. The van der Waals surface area contributed by atoms with Gasteiger partial charge in [-0.15, -0.1) is 0 Å². The van der Waals surface area contributed by atoms with Gasteiger partial charge in [-0.05, 0) is 60.5 Å². The largest absolute Gasteiger partial charge is 0.507 e. The normalized spacial score (nSPS) is 11.4. The Morgan fingerprint density at radius 2 is 1.75 bits per heavy atom. The molecule has 3 N–H and O–H groups in total. The maximum atomic E-state index is 12.6. The van der Waals surface area contributed by atoms with Gasteiger partial charge < -0.3 is 24.9 Å². The molecule has 0 bridgehead atoms. The first-order valence-electron chi connectivity index (χ1n) is 11.1. The Balaban J connectivity index is 1.51. The highest BCUT2D eigenvalue weighted by molar-refractivity contribution is 6.30. The van der Waals surface area contributed by atoms with Crippen molar-refractivity contribution in [2.45, 2.75) is 6.42 Å². The Morgan fingerprint density at radius 3 is 2.47 bits per heavy atom. The van der Waals surface area contributed by atoms with E-state index >= 15 is 0 Å². The molecule has 0 atom stereocenters. The molecule has 0 saturated heterocycles. The van der Waals surface area contributed by atoms with Crippen LogP contribution in [0.4, 0.5) is 0 Å². The van der Waals surface area contributed by atoms with E-state index in [0.717, 1.165) is 5.56 Å². The van der Waals surface area contributed by atoms with Crippen molar-refractivity contribution in [2.24, 2.45) is 0 Å². The third kappa shape index (κ3) is 5.67. The van der Waals surface area contributed by atoms with E-state index < -0.39 is 5.56 Å². The summed E-state index contributed by atoms with van der Waals surface area (Å²) in [5.74, 6) is 0.529. The average Bonchev–Trinajstić information content (AvgIpc) is 2.89. The number of aromatic nitrogens is 2. The third-order valence-electron chi connectivity index (χ3n) is 5.55. The Morgan fingerprint density at radius 1 is 1.03 bits per heavy atom. The van der Waals surface area contributed by atoms with E-state index in [0.29, 0.717) is 51.6 Å². The minimum absolute atomic E-state index is 0.0231. The summed E-state index contributed by atoms with van der Waals surface area (Å²) in [6, 6.07) is 17.2. The highest BCUT2D eigenvalue weighted by Crippen LogP contribution is 2.30. The van der Waals surface area contributed by atoms with Gasteiger partial charge in [0.05, 0.1) is 25.3 Å². The number of nitrogens with one attached hydrogen (secondary N) is 2. The third-order valence-corrected chi connectivity index (χ3v) is 5.80. The van der Waals surface area contributed by atoms with Crippen LogP contribution in [-0.2, 0) is 6.42 Å². The van der Waals surface area contributed by atoms with Crippen LogP contribution in [0.1, 0.15) is 27.2 Å². The minimum atomic E-state index is -0.505. The maximum absolute atomic E-state index is 12.6. The van der Waals surface area contributed by atoms with Crippen LogP contribution < -0.4 is 20.3 Å². The zero-order chi connectivity index (χ0) is 25.7. The maximum Gasteiger partial charge on any atom is 0.274 e. The van der Waals surface area contributed by atoms with Gasteiger partial charge in [-0.1, -0.05) is 23.7 Å². The molecule has 36 heavy (non-hydrogen) atoms. The summed E-state index contributed by atoms with van der Waals surface area (Å²) in [7, 11) is 3.01. The van der Waals surface area contributed by atoms with Crippen molar-refractivity contribution in [3.63, 3.8) is 0 Å². The lowest BCUT2D eigenvalue weighted by atomic mass is 10.1. The number of hydrogen-bond acceptors (Lipinski definition) is 6. The van der Waals surface area contributed by atoms with Crippen molar-refractivity contribution in [2.75, 3.05) is 20.8 Å². The molecule has 8 nitrogen and oxygen atoms in total. The summed E-state index contributed by atoms with van der Waals surface area (Å²) in [6.45, 7) is 0.451. The number of fused-ring (bicyclic) bond motifs is 1. The van der Waals surface area contributed by atoms with Gasteiger partial charge in [0.15, 0.2) is 11.5 Å². The average molecular weight is 506 g/mol. The predicted octanol–water partition coefficient (Wildman–Crippen LogP) is 4.62. The van der Waals surface area contributed by atoms with Crippen LogP contribution in [0, 0.1) is 0 Å². The molecule has 9 heteroatoms. The number of hydrogen-bond donors (Lipinski definition) is 3. The molecule has 0 radical (unpaired) electrons. The van der Waals surface area contributed by atoms with E-state index in [9.17, 15) is 14.7 Å². The molecule has 1 heterocycles. The van der Waals surface area contributed by atoms with Gasteiger partial charge in [0.2, 0.25) is 0 Å². The van der Waals surface area contributed by atoms with Crippen molar-refractivity contribution in [3.05, 3.63) is 98.4 Å². The first kappa shape index (κ1) is 24.8. The molecule has 0 aliphatic heterocycles. The highest BCUT2D eigenvalue weighted by atomic mass is 35.5. The molecule has 184 valence electrons. The second-order valence-corrected chi connectivity index (χ2v) is 8.35. The number of amides is 1. The summed E-state index contributed by atoms with van der Waals surface area (Å²) in [6.07, 6.45) is 1.94. The number of methoxy groups -OCH3 is 2. The first-order valence-corrected chi connectivity index (χ1v) is 11.5. The van der Waals surface area contributed by atoms with Gasteiger partial charge in [-0.3, -0.25) is 9.59 Å². The van der Waals surface area contributed by atoms with Gasteiger partial charge in [0, 0.05) is 28.8 Å². The van der Waals surface area contributed by atoms with E-state index in [1.165, 1.54) is 20.3 Å². The molecule has 0 aliphatic rings. The number of halogens is 1. The Bertz CT molecular complexity index is 1500. The smallest absolute Gasteiger partial charge is 0.274 e. The number of H-pyrrole nitrogens is 1. The number of nitrogens with zero attached hydrogens (tertiary/aromatic N) is 1. The molecule has 4 rings (SSSR count). The molecule has 1 amide bonds. The van der Waals surface area contributed by atoms with Crippen molar-refractivity contribution in [3.8, 4) is 11.5 Å². The van der Waals surface area contributed by atoms with Crippen molar-refractivity contribution >= 4 is 40.4 Å². The van der Waals surface area contributed by atoms with Crippen molar-refractivity contribution < 1.29 is 19.4 Å². The van der Waals surface area contributed by atoms with Gasteiger partial charge in [0.25, 0.3) is 11.5 Å². The summed E-state index contributed by atoms with van der Waals surface area (Å²) in [5.41, 5.74) is 2.28. The zero-order valence-electron chi connectivity index (χ0n) is 19.7. The lowest BCUT2D eigenvalue weighted by Crippen LogP contribution is -2.25. The van der Waals surface area contributed by atoms with Crippen LogP contribution in [0.25, 0.3) is 22.9 Å². The van der Waals surface area contributed by atoms with Crippen LogP contribution in [0.5, 0.6) is 11.5 Å². The minimum Gasteiger partial charge on any atom is -0.507 e. The topological polar surface area (TPSA) is 114 Å². The number of benzene rings is 3. The molecule has 0 unspecified atom stereocenters. The quantitative estimate of drug-likeness (QED) is 0.301. The SMILES string of the molecule is COc1ccc(/C(O)=C/c2nc3ccc(C(=O)NCCc4ccc(Cl)cc4)cc3[nH]c2=O)cc1OC. The van der Waals surface area contributed by atoms with E-state index in [1.807, 2.05) is 24.3 Å². The number of rotatable bonds is 8. The van der Waals surface area contributed by atoms with Crippen LogP contribution in [0.3, 0.4) is 0 Å². The summed E-state index contributed by atoms with van der Waals surface area (Å²) in [4.78, 5) is 32.3. The molecule has 1 aromatic heterocycles. The van der Waals surface area contributed by atoms with Crippen LogP contribution in [0.2, 0.25) is 5.02 Å².